The first kappa shape index (κ1) is 21.2. The Morgan fingerprint density at radius 1 is 1.30 bits per heavy atom. The van der Waals surface area contributed by atoms with E-state index < -0.39 is 12.0 Å². The number of aliphatic carboxylic acids is 1. The van der Waals surface area contributed by atoms with Crippen molar-refractivity contribution in [1.82, 2.24) is 10.2 Å². The minimum atomic E-state index is -0.946. The highest BCUT2D eigenvalue weighted by Gasteiger charge is 2.18. The van der Waals surface area contributed by atoms with Crippen LogP contribution in [0.25, 0.3) is 0 Å². The molecule has 2 N–H and O–H groups in total. The van der Waals surface area contributed by atoms with Gasteiger partial charge < -0.3 is 15.2 Å². The molecule has 0 saturated heterocycles. The molecule has 0 saturated carbocycles. The lowest BCUT2D eigenvalue weighted by Gasteiger charge is -2.20. The number of carboxylic acids is 1. The zero-order valence-corrected chi connectivity index (χ0v) is 14.6. The molecule has 6 nitrogen and oxygen atoms in total. The van der Waals surface area contributed by atoms with Crippen LogP contribution in [0.1, 0.15) is 25.8 Å². The number of hydrogen-bond donors (Lipinski definition) is 2. The lowest BCUT2D eigenvalue weighted by atomic mass is 10.2. The summed E-state index contributed by atoms with van der Waals surface area (Å²) in [5, 5.41) is 11.6. The van der Waals surface area contributed by atoms with Gasteiger partial charge in [-0.15, -0.1) is 12.4 Å². The van der Waals surface area contributed by atoms with Crippen LogP contribution in [-0.2, 0) is 16.1 Å². The smallest absolute Gasteiger partial charge is 0.320 e. The van der Waals surface area contributed by atoms with Crippen LogP contribution in [0.2, 0.25) is 0 Å². The zero-order valence-electron chi connectivity index (χ0n) is 13.7. The Morgan fingerprint density at radius 2 is 1.91 bits per heavy atom. The monoisotopic (exact) mass is 344 g/mol. The number of carboxylic acid groups (broad SMARTS) is 1. The van der Waals surface area contributed by atoms with Gasteiger partial charge in [-0.05, 0) is 38.1 Å². The molecule has 0 aromatic heterocycles. The first-order valence-corrected chi connectivity index (χ1v) is 7.35. The predicted octanol–water partition coefficient (Wildman–Crippen LogP) is 1.92. The molecule has 7 heteroatoms. The van der Waals surface area contributed by atoms with Gasteiger partial charge in [-0.25, -0.2) is 0 Å². The molecule has 1 unspecified atom stereocenters. The number of halogens is 1. The topological polar surface area (TPSA) is 78.9 Å². The molecule has 23 heavy (non-hydrogen) atoms. The lowest BCUT2D eigenvalue weighted by molar-refractivity contribution is -0.142. The number of ether oxygens (including phenoxy) is 1. The number of benzene rings is 1. The number of carbonyl (C=O) groups is 2. The van der Waals surface area contributed by atoms with Crippen molar-refractivity contribution in [2.24, 2.45) is 0 Å². The Bertz CT molecular complexity index is 493. The first-order chi connectivity index (χ1) is 10.4. The Labute approximate surface area is 143 Å². The van der Waals surface area contributed by atoms with Crippen LogP contribution in [0.4, 0.5) is 0 Å². The number of likely N-dealkylation sites (N-methyl/N-ethyl adjacent to an activating group) is 1. The van der Waals surface area contributed by atoms with Gasteiger partial charge >= 0.3 is 5.97 Å². The van der Waals surface area contributed by atoms with Gasteiger partial charge in [0.15, 0.2) is 0 Å². The van der Waals surface area contributed by atoms with Crippen molar-refractivity contribution >= 4 is 24.3 Å². The minimum Gasteiger partial charge on any atom is -0.494 e. The quantitative estimate of drug-likeness (QED) is 0.715. The van der Waals surface area contributed by atoms with Crippen molar-refractivity contribution in [1.29, 1.82) is 0 Å². The maximum Gasteiger partial charge on any atom is 0.320 e. The number of nitrogens with one attached hydrogen (secondary N) is 1. The van der Waals surface area contributed by atoms with Gasteiger partial charge in [-0.2, -0.15) is 0 Å². The molecule has 0 radical (unpaired) electrons. The normalized spacial score (nSPS) is 11.5. The van der Waals surface area contributed by atoms with Gasteiger partial charge in [-0.3, -0.25) is 14.5 Å². The van der Waals surface area contributed by atoms with Gasteiger partial charge in [0.25, 0.3) is 0 Å². The van der Waals surface area contributed by atoms with E-state index in [0.717, 1.165) is 17.7 Å². The van der Waals surface area contributed by atoms with E-state index in [1.165, 1.54) is 4.90 Å². The minimum absolute atomic E-state index is 0. The SMILES string of the molecule is CCCOc1ccc(CNC(=O)CN(C)C(C)C(=O)O)cc1.Cl. The highest BCUT2D eigenvalue weighted by atomic mass is 35.5. The number of carbonyl (C=O) groups excluding carboxylic acids is 1. The van der Waals surface area contributed by atoms with Gasteiger partial charge in [-0.1, -0.05) is 19.1 Å². The predicted molar refractivity (Wildman–Crippen MR) is 91.1 cm³/mol. The van der Waals surface area contributed by atoms with Crippen LogP contribution in [0.3, 0.4) is 0 Å². The number of rotatable bonds is 9. The van der Waals surface area contributed by atoms with Crippen molar-refractivity contribution in [3.8, 4) is 5.75 Å². The highest BCUT2D eigenvalue weighted by Crippen LogP contribution is 2.12. The molecule has 0 aliphatic carbocycles. The van der Waals surface area contributed by atoms with Crippen molar-refractivity contribution in [3.05, 3.63) is 29.8 Å². The Hall–Kier alpha value is -1.79. The average Bonchev–Trinajstić information content (AvgIpc) is 2.50. The Morgan fingerprint density at radius 3 is 2.43 bits per heavy atom. The standard InChI is InChI=1S/C16H24N2O4.ClH/c1-4-9-22-14-7-5-13(6-8-14)10-17-15(19)11-18(3)12(2)16(20)21;/h5-8,12H,4,9-11H2,1-3H3,(H,17,19)(H,20,21);1H. The summed E-state index contributed by atoms with van der Waals surface area (Å²) in [4.78, 5) is 24.1. The van der Waals surface area contributed by atoms with Gasteiger partial charge in [0, 0.05) is 6.54 Å². The average molecular weight is 345 g/mol. The molecule has 0 bridgehead atoms. The summed E-state index contributed by atoms with van der Waals surface area (Å²) in [5.41, 5.74) is 0.964. The van der Waals surface area contributed by atoms with E-state index in [1.807, 2.05) is 31.2 Å². The van der Waals surface area contributed by atoms with E-state index >= 15 is 0 Å². The third kappa shape index (κ3) is 7.85. The molecule has 0 aliphatic heterocycles. The van der Waals surface area contributed by atoms with Crippen molar-refractivity contribution in [3.63, 3.8) is 0 Å². The number of nitrogens with zero attached hydrogens (tertiary/aromatic N) is 1. The van der Waals surface area contributed by atoms with E-state index in [-0.39, 0.29) is 24.9 Å². The first-order valence-electron chi connectivity index (χ1n) is 7.35. The Balaban J connectivity index is 0.00000484. The second kappa shape index (κ2) is 10.9. The van der Waals surface area contributed by atoms with Gasteiger partial charge in [0.05, 0.1) is 13.2 Å². The van der Waals surface area contributed by atoms with Gasteiger partial charge in [0.2, 0.25) is 5.91 Å². The number of amides is 1. The van der Waals surface area contributed by atoms with Crippen molar-refractivity contribution in [2.75, 3.05) is 20.2 Å². The fourth-order valence-electron chi connectivity index (χ4n) is 1.73. The van der Waals surface area contributed by atoms with E-state index in [9.17, 15) is 9.59 Å². The molecule has 0 heterocycles. The van der Waals surface area contributed by atoms with Crippen LogP contribution in [0.5, 0.6) is 5.75 Å². The van der Waals surface area contributed by atoms with Crippen LogP contribution < -0.4 is 10.1 Å². The second-order valence-corrected chi connectivity index (χ2v) is 5.20. The molecule has 0 fully saturated rings. The summed E-state index contributed by atoms with van der Waals surface area (Å²) in [5.74, 6) is -0.341. The molecular weight excluding hydrogens is 320 g/mol. The van der Waals surface area contributed by atoms with Crippen LogP contribution in [0.15, 0.2) is 24.3 Å². The summed E-state index contributed by atoms with van der Waals surface area (Å²) < 4.78 is 5.49. The van der Waals surface area contributed by atoms with E-state index in [0.29, 0.717) is 13.2 Å². The fraction of sp³-hybridized carbons (Fsp3) is 0.500. The van der Waals surface area contributed by atoms with Crippen molar-refractivity contribution in [2.45, 2.75) is 32.9 Å². The second-order valence-electron chi connectivity index (χ2n) is 5.20. The summed E-state index contributed by atoms with van der Waals surface area (Å²) in [6, 6.07) is 6.84. The summed E-state index contributed by atoms with van der Waals surface area (Å²) in [6.45, 7) is 4.73. The summed E-state index contributed by atoms with van der Waals surface area (Å²) >= 11 is 0. The van der Waals surface area contributed by atoms with Crippen LogP contribution >= 0.6 is 12.4 Å². The maximum atomic E-state index is 11.8. The highest BCUT2D eigenvalue weighted by molar-refractivity contribution is 5.85. The molecular formula is C16H25ClN2O4. The van der Waals surface area contributed by atoms with E-state index in [2.05, 4.69) is 5.32 Å². The Kier molecular flexibility index (Phi) is 10.0. The van der Waals surface area contributed by atoms with Crippen LogP contribution in [-0.4, -0.2) is 48.1 Å². The molecule has 1 atom stereocenters. The molecule has 1 amide bonds. The number of hydrogen-bond acceptors (Lipinski definition) is 4. The third-order valence-corrected chi connectivity index (χ3v) is 3.30. The molecule has 0 aliphatic rings. The fourth-order valence-corrected chi connectivity index (χ4v) is 1.73. The van der Waals surface area contributed by atoms with E-state index in [4.69, 9.17) is 9.84 Å². The largest absolute Gasteiger partial charge is 0.494 e. The van der Waals surface area contributed by atoms with Crippen molar-refractivity contribution < 1.29 is 19.4 Å². The zero-order chi connectivity index (χ0) is 16.5. The lowest BCUT2D eigenvalue weighted by Crippen LogP contribution is -2.42. The molecule has 130 valence electrons. The summed E-state index contributed by atoms with van der Waals surface area (Å²) in [6.07, 6.45) is 0.958. The summed E-state index contributed by atoms with van der Waals surface area (Å²) in [7, 11) is 1.61. The third-order valence-electron chi connectivity index (χ3n) is 3.30. The molecule has 1 aromatic rings. The maximum absolute atomic E-state index is 11.8. The molecule has 1 rings (SSSR count). The molecule has 0 spiro atoms. The van der Waals surface area contributed by atoms with E-state index in [1.54, 1.807) is 14.0 Å². The van der Waals surface area contributed by atoms with Crippen LogP contribution in [0, 0.1) is 0 Å². The molecule has 1 aromatic carbocycles. The van der Waals surface area contributed by atoms with Gasteiger partial charge in [0.1, 0.15) is 11.8 Å².